The fraction of sp³-hybridized carbons (Fsp3) is 0. The monoisotopic (exact) mass is 543 g/mol. The summed E-state index contributed by atoms with van der Waals surface area (Å²) in [6, 6.07) is 23.5. The number of halogens is 1. The number of pyridine rings is 1. The number of nitrogens with one attached hydrogen (secondary N) is 2. The Morgan fingerprint density at radius 3 is 2.51 bits per heavy atom. The maximum absolute atomic E-state index is 13.0. The largest absolute Gasteiger partial charge is 0.508 e. The van der Waals surface area contributed by atoms with Crippen LogP contribution in [-0.4, -0.2) is 26.0 Å². The first-order valence-electron chi connectivity index (χ1n) is 10.6. The molecule has 0 fully saturated rings. The Bertz CT molecular complexity index is 1510. The van der Waals surface area contributed by atoms with Gasteiger partial charge in [0.2, 0.25) is 0 Å². The standard InChI is InChI=1S/C26H18BrN5O2S/c27-17-4-6-18(7-5-17)31-26(34)16-3-12-23(35-20-10-8-19(33)9-11-20)22(14-16)32-25-21-2-1-13-28-24(21)29-15-30-25/h1-15,33H,(H,31,34)(H,28,29,30,32). The summed E-state index contributed by atoms with van der Waals surface area (Å²) < 4.78 is 0.934. The van der Waals surface area contributed by atoms with Crippen LogP contribution in [0.1, 0.15) is 10.4 Å². The van der Waals surface area contributed by atoms with E-state index in [1.807, 2.05) is 54.6 Å². The van der Waals surface area contributed by atoms with Crippen LogP contribution in [0.4, 0.5) is 17.2 Å². The minimum absolute atomic E-state index is 0.201. The minimum atomic E-state index is -0.231. The Hall–Kier alpha value is -3.95. The van der Waals surface area contributed by atoms with Gasteiger partial charge in [-0.2, -0.15) is 0 Å². The van der Waals surface area contributed by atoms with Gasteiger partial charge < -0.3 is 15.7 Å². The molecule has 2 heterocycles. The molecular weight excluding hydrogens is 526 g/mol. The quantitative estimate of drug-likeness (QED) is 0.220. The number of rotatable bonds is 6. The van der Waals surface area contributed by atoms with Crippen molar-refractivity contribution < 1.29 is 9.90 Å². The number of fused-ring (bicyclic) bond motifs is 1. The zero-order valence-electron chi connectivity index (χ0n) is 18.1. The molecule has 9 heteroatoms. The molecule has 0 unspecified atom stereocenters. The van der Waals surface area contributed by atoms with Crippen LogP contribution >= 0.6 is 27.7 Å². The molecule has 3 aromatic carbocycles. The average molecular weight is 544 g/mol. The Morgan fingerprint density at radius 1 is 0.914 bits per heavy atom. The van der Waals surface area contributed by atoms with Crippen molar-refractivity contribution in [1.29, 1.82) is 0 Å². The summed E-state index contributed by atoms with van der Waals surface area (Å²) in [5.74, 6) is 0.555. The van der Waals surface area contributed by atoms with E-state index in [-0.39, 0.29) is 11.7 Å². The predicted molar refractivity (Wildman–Crippen MR) is 141 cm³/mol. The summed E-state index contributed by atoms with van der Waals surface area (Å²) >= 11 is 4.91. The molecular formula is C26H18BrN5O2S. The zero-order valence-corrected chi connectivity index (χ0v) is 20.5. The highest BCUT2D eigenvalue weighted by Crippen LogP contribution is 2.37. The molecule has 5 aromatic rings. The van der Waals surface area contributed by atoms with E-state index < -0.39 is 0 Å². The van der Waals surface area contributed by atoms with E-state index in [9.17, 15) is 9.90 Å². The number of aromatic nitrogens is 3. The number of nitrogens with zero attached hydrogens (tertiary/aromatic N) is 3. The Morgan fingerprint density at radius 2 is 1.71 bits per heavy atom. The molecule has 0 bridgehead atoms. The molecule has 35 heavy (non-hydrogen) atoms. The first-order chi connectivity index (χ1) is 17.0. The molecule has 0 spiro atoms. The molecule has 7 nitrogen and oxygen atoms in total. The van der Waals surface area contributed by atoms with Crippen LogP contribution in [0.3, 0.4) is 0 Å². The third-order valence-corrected chi connectivity index (χ3v) is 6.68. The van der Waals surface area contributed by atoms with E-state index in [1.54, 1.807) is 30.5 Å². The van der Waals surface area contributed by atoms with E-state index in [2.05, 4.69) is 41.5 Å². The summed E-state index contributed by atoms with van der Waals surface area (Å²) in [5.41, 5.74) is 2.46. The lowest BCUT2D eigenvalue weighted by Crippen LogP contribution is -2.12. The number of anilines is 3. The number of hydrogen-bond donors (Lipinski definition) is 3. The van der Waals surface area contributed by atoms with Gasteiger partial charge in [-0.25, -0.2) is 15.0 Å². The van der Waals surface area contributed by atoms with Crippen molar-refractivity contribution in [2.45, 2.75) is 9.79 Å². The van der Waals surface area contributed by atoms with Gasteiger partial charge in [-0.15, -0.1) is 0 Å². The van der Waals surface area contributed by atoms with Gasteiger partial charge >= 0.3 is 0 Å². The molecule has 0 aliphatic heterocycles. The normalized spacial score (nSPS) is 10.8. The zero-order chi connectivity index (χ0) is 24.2. The van der Waals surface area contributed by atoms with Gasteiger partial charge in [0.1, 0.15) is 17.9 Å². The van der Waals surface area contributed by atoms with Crippen molar-refractivity contribution in [3.8, 4) is 5.75 Å². The number of phenolic OH excluding ortho intramolecular Hbond substituents is 1. The Labute approximate surface area is 213 Å². The molecule has 3 N–H and O–H groups in total. The SMILES string of the molecule is O=C(Nc1ccc(Br)cc1)c1ccc(Sc2ccc(O)cc2)c(Nc2ncnc3ncccc23)c1. The van der Waals surface area contributed by atoms with Crippen LogP contribution in [-0.2, 0) is 0 Å². The molecule has 0 aliphatic carbocycles. The Kier molecular flexibility index (Phi) is 6.60. The van der Waals surface area contributed by atoms with Gasteiger partial charge in [-0.1, -0.05) is 27.7 Å². The molecule has 0 saturated heterocycles. The van der Waals surface area contributed by atoms with Gasteiger partial charge in [0.15, 0.2) is 5.65 Å². The fourth-order valence-corrected chi connectivity index (χ4v) is 4.50. The second-order valence-corrected chi connectivity index (χ2v) is 9.52. The molecule has 0 radical (unpaired) electrons. The van der Waals surface area contributed by atoms with E-state index in [4.69, 9.17) is 0 Å². The molecule has 1 amide bonds. The van der Waals surface area contributed by atoms with Gasteiger partial charge in [-0.3, -0.25) is 4.79 Å². The van der Waals surface area contributed by atoms with Crippen molar-refractivity contribution in [3.63, 3.8) is 0 Å². The van der Waals surface area contributed by atoms with Crippen molar-refractivity contribution in [1.82, 2.24) is 15.0 Å². The first kappa shape index (κ1) is 22.8. The second-order valence-electron chi connectivity index (χ2n) is 7.49. The topological polar surface area (TPSA) is 100 Å². The number of amides is 1. The highest BCUT2D eigenvalue weighted by Gasteiger charge is 2.14. The molecule has 0 atom stereocenters. The van der Waals surface area contributed by atoms with Crippen LogP contribution in [0.15, 0.2) is 106 Å². The second kappa shape index (κ2) is 10.1. The summed E-state index contributed by atoms with van der Waals surface area (Å²) in [7, 11) is 0. The highest BCUT2D eigenvalue weighted by molar-refractivity contribution is 9.10. The van der Waals surface area contributed by atoms with Crippen molar-refractivity contribution in [2.75, 3.05) is 10.6 Å². The fourth-order valence-electron chi connectivity index (χ4n) is 3.36. The van der Waals surface area contributed by atoms with Crippen LogP contribution in [0, 0.1) is 0 Å². The van der Waals surface area contributed by atoms with Gasteiger partial charge in [0, 0.05) is 31.7 Å². The minimum Gasteiger partial charge on any atom is -0.508 e. The van der Waals surface area contributed by atoms with E-state index in [0.29, 0.717) is 28.4 Å². The third kappa shape index (κ3) is 5.42. The van der Waals surface area contributed by atoms with Gasteiger partial charge in [-0.05, 0) is 78.9 Å². The van der Waals surface area contributed by atoms with Gasteiger partial charge in [0.05, 0.1) is 11.1 Å². The molecule has 5 rings (SSSR count). The third-order valence-electron chi connectivity index (χ3n) is 5.07. The first-order valence-corrected chi connectivity index (χ1v) is 12.2. The maximum Gasteiger partial charge on any atom is 0.255 e. The lowest BCUT2D eigenvalue weighted by atomic mass is 10.1. The van der Waals surface area contributed by atoms with Crippen LogP contribution < -0.4 is 10.6 Å². The van der Waals surface area contributed by atoms with Crippen molar-refractivity contribution in [3.05, 3.63) is 101 Å². The average Bonchev–Trinajstić information content (AvgIpc) is 2.88. The van der Waals surface area contributed by atoms with Crippen LogP contribution in [0.2, 0.25) is 0 Å². The van der Waals surface area contributed by atoms with E-state index >= 15 is 0 Å². The van der Waals surface area contributed by atoms with Crippen LogP contribution in [0.25, 0.3) is 11.0 Å². The van der Waals surface area contributed by atoms with E-state index in [1.165, 1.54) is 18.1 Å². The number of aromatic hydroxyl groups is 1. The predicted octanol–water partition coefficient (Wildman–Crippen LogP) is 6.64. The number of carbonyl (C=O) groups is 1. The molecule has 2 aromatic heterocycles. The number of carbonyl (C=O) groups excluding carboxylic acids is 1. The molecule has 172 valence electrons. The maximum atomic E-state index is 13.0. The lowest BCUT2D eigenvalue weighted by molar-refractivity contribution is 0.102. The number of benzene rings is 3. The summed E-state index contributed by atoms with van der Waals surface area (Å²) in [4.78, 5) is 27.7. The summed E-state index contributed by atoms with van der Waals surface area (Å²) in [5, 5.41) is 16.7. The lowest BCUT2D eigenvalue weighted by Gasteiger charge is -2.14. The number of phenols is 1. The van der Waals surface area contributed by atoms with Gasteiger partial charge in [0.25, 0.3) is 5.91 Å². The Balaban J connectivity index is 1.50. The number of hydrogen-bond acceptors (Lipinski definition) is 7. The molecule has 0 saturated carbocycles. The van der Waals surface area contributed by atoms with Crippen LogP contribution in [0.5, 0.6) is 5.75 Å². The molecule has 0 aliphatic rings. The summed E-state index contributed by atoms with van der Waals surface area (Å²) in [6.45, 7) is 0. The highest BCUT2D eigenvalue weighted by atomic mass is 79.9. The smallest absolute Gasteiger partial charge is 0.255 e. The van der Waals surface area contributed by atoms with E-state index in [0.717, 1.165) is 19.6 Å². The summed E-state index contributed by atoms with van der Waals surface area (Å²) in [6.07, 6.45) is 3.13. The van der Waals surface area contributed by atoms with Crippen molar-refractivity contribution in [2.24, 2.45) is 0 Å². The van der Waals surface area contributed by atoms with Crippen molar-refractivity contribution >= 4 is 61.8 Å².